The van der Waals surface area contributed by atoms with E-state index < -0.39 is 12.0 Å². The Labute approximate surface area is 75.4 Å². The average Bonchev–Trinajstić information content (AvgIpc) is 2.43. The lowest BCUT2D eigenvalue weighted by molar-refractivity contribution is -0.139. The third-order valence-corrected chi connectivity index (χ3v) is 2.20. The summed E-state index contributed by atoms with van der Waals surface area (Å²) in [6, 6.07) is -0.634. The maximum atomic E-state index is 10.8. The van der Waals surface area contributed by atoms with Crippen LogP contribution in [0.5, 0.6) is 0 Å². The zero-order valence-electron chi connectivity index (χ0n) is 7.32. The number of hydrogen-bond donors (Lipinski definition) is 2. The Bertz CT molecular complexity index is 345. The van der Waals surface area contributed by atoms with E-state index in [1.807, 2.05) is 6.20 Å². The zero-order valence-corrected chi connectivity index (χ0v) is 7.32. The summed E-state index contributed by atoms with van der Waals surface area (Å²) in [7, 11) is 1.80. The molecule has 0 aromatic carbocycles. The lowest BCUT2D eigenvalue weighted by Gasteiger charge is -2.18. The molecule has 0 aliphatic carbocycles. The van der Waals surface area contributed by atoms with Gasteiger partial charge in [-0.25, -0.2) is 0 Å². The molecule has 2 rings (SSSR count). The second-order valence-corrected chi connectivity index (χ2v) is 3.19. The molecule has 0 saturated carbocycles. The van der Waals surface area contributed by atoms with E-state index in [1.165, 1.54) is 0 Å². The molecule has 0 saturated heterocycles. The number of aliphatic carboxylic acids is 1. The van der Waals surface area contributed by atoms with Gasteiger partial charge in [0.2, 0.25) is 0 Å². The Morgan fingerprint density at radius 2 is 2.62 bits per heavy atom. The molecule has 2 N–H and O–H groups in total. The van der Waals surface area contributed by atoms with Crippen molar-refractivity contribution in [2.45, 2.75) is 12.5 Å². The van der Waals surface area contributed by atoms with Gasteiger partial charge in [0, 0.05) is 19.8 Å². The molecule has 5 heteroatoms. The lowest BCUT2D eigenvalue weighted by atomic mass is 10.0. The van der Waals surface area contributed by atoms with Crippen molar-refractivity contribution < 1.29 is 9.90 Å². The molecule has 0 spiro atoms. The number of rotatable bonds is 1. The van der Waals surface area contributed by atoms with Crippen molar-refractivity contribution in [2.75, 3.05) is 6.54 Å². The number of nitrogens with zero attached hydrogens (tertiary/aromatic N) is 2. The first kappa shape index (κ1) is 8.25. The van der Waals surface area contributed by atoms with Gasteiger partial charge in [0.05, 0.1) is 5.69 Å². The first-order valence-corrected chi connectivity index (χ1v) is 4.17. The van der Waals surface area contributed by atoms with Crippen LogP contribution >= 0.6 is 0 Å². The van der Waals surface area contributed by atoms with Crippen LogP contribution in [0, 0.1) is 0 Å². The van der Waals surface area contributed by atoms with Crippen molar-refractivity contribution in [3.05, 3.63) is 17.5 Å². The number of carbonyl (C=O) groups is 1. The van der Waals surface area contributed by atoms with E-state index in [4.69, 9.17) is 5.11 Å². The molecule has 1 aromatic heterocycles. The summed E-state index contributed by atoms with van der Waals surface area (Å²) in [6.07, 6.45) is 2.74. The molecule has 0 amide bonds. The first-order valence-electron chi connectivity index (χ1n) is 4.17. The molecule has 1 atom stereocenters. The van der Waals surface area contributed by atoms with E-state index >= 15 is 0 Å². The van der Waals surface area contributed by atoms with Gasteiger partial charge in [-0.05, 0) is 12.0 Å². The van der Waals surface area contributed by atoms with Gasteiger partial charge in [0.1, 0.15) is 0 Å². The summed E-state index contributed by atoms with van der Waals surface area (Å²) < 4.78 is 1.66. The summed E-state index contributed by atoms with van der Waals surface area (Å²) in [5.41, 5.74) is 1.69. The van der Waals surface area contributed by atoms with Crippen LogP contribution in [0.3, 0.4) is 0 Å². The smallest absolute Gasteiger partial charge is 0.327 e. The monoisotopic (exact) mass is 181 g/mol. The number of aryl methyl sites for hydroxylation is 1. The summed E-state index contributed by atoms with van der Waals surface area (Å²) in [6.45, 7) is 0.704. The van der Waals surface area contributed by atoms with Crippen molar-refractivity contribution in [3.63, 3.8) is 0 Å². The van der Waals surface area contributed by atoms with Crippen LogP contribution in [-0.2, 0) is 18.3 Å². The Kier molecular flexibility index (Phi) is 1.81. The molecule has 13 heavy (non-hydrogen) atoms. The molecule has 0 fully saturated rings. The van der Waals surface area contributed by atoms with E-state index in [2.05, 4.69) is 10.4 Å². The number of aromatic nitrogens is 2. The quantitative estimate of drug-likeness (QED) is 0.623. The van der Waals surface area contributed by atoms with E-state index in [0.717, 1.165) is 12.0 Å². The van der Waals surface area contributed by atoms with Crippen LogP contribution in [0.25, 0.3) is 0 Å². The minimum Gasteiger partial charge on any atom is -0.480 e. The fourth-order valence-corrected chi connectivity index (χ4v) is 1.64. The van der Waals surface area contributed by atoms with E-state index in [-0.39, 0.29) is 0 Å². The highest BCUT2D eigenvalue weighted by Crippen LogP contribution is 2.20. The number of nitrogens with one attached hydrogen (secondary N) is 1. The maximum Gasteiger partial charge on any atom is 0.327 e. The van der Waals surface area contributed by atoms with Crippen LogP contribution in [0.4, 0.5) is 0 Å². The highest BCUT2D eigenvalue weighted by molar-refractivity contribution is 5.75. The normalized spacial score (nSPS) is 21.2. The third-order valence-electron chi connectivity index (χ3n) is 2.20. The van der Waals surface area contributed by atoms with E-state index in [9.17, 15) is 4.79 Å². The Morgan fingerprint density at radius 3 is 3.31 bits per heavy atom. The Morgan fingerprint density at radius 1 is 1.85 bits per heavy atom. The van der Waals surface area contributed by atoms with Crippen LogP contribution in [0.15, 0.2) is 6.20 Å². The average molecular weight is 181 g/mol. The van der Waals surface area contributed by atoms with Gasteiger partial charge >= 0.3 is 5.97 Å². The first-order chi connectivity index (χ1) is 6.18. The molecule has 5 nitrogen and oxygen atoms in total. The number of carboxylic acids is 1. The fourth-order valence-electron chi connectivity index (χ4n) is 1.64. The summed E-state index contributed by atoms with van der Waals surface area (Å²) >= 11 is 0. The number of fused-ring (bicyclic) bond motifs is 1. The zero-order chi connectivity index (χ0) is 9.42. The van der Waals surface area contributed by atoms with Crippen molar-refractivity contribution in [2.24, 2.45) is 7.05 Å². The van der Waals surface area contributed by atoms with Crippen molar-refractivity contribution in [1.29, 1.82) is 0 Å². The van der Waals surface area contributed by atoms with Gasteiger partial charge < -0.3 is 5.11 Å². The molecule has 1 aromatic rings. The minimum absolute atomic E-state index is 0.634. The van der Waals surface area contributed by atoms with Crippen molar-refractivity contribution in [1.82, 2.24) is 15.1 Å². The molecule has 1 unspecified atom stereocenters. The lowest BCUT2D eigenvalue weighted by Crippen LogP contribution is -2.34. The summed E-state index contributed by atoms with van der Waals surface area (Å²) in [5, 5.41) is 15.9. The Hall–Kier alpha value is -1.36. The SMILES string of the molecule is Cn1cc2c(n1)C(C(=O)O)NCC2. The minimum atomic E-state index is -0.861. The molecule has 1 aliphatic rings. The highest BCUT2D eigenvalue weighted by Gasteiger charge is 2.28. The number of carboxylic acid groups (broad SMARTS) is 1. The van der Waals surface area contributed by atoms with Gasteiger partial charge in [-0.15, -0.1) is 0 Å². The second kappa shape index (κ2) is 2.85. The van der Waals surface area contributed by atoms with Gasteiger partial charge in [-0.3, -0.25) is 14.8 Å². The number of hydrogen-bond acceptors (Lipinski definition) is 3. The molecule has 1 aliphatic heterocycles. The molecule has 0 bridgehead atoms. The van der Waals surface area contributed by atoms with E-state index in [1.54, 1.807) is 11.7 Å². The largest absolute Gasteiger partial charge is 0.480 e. The fraction of sp³-hybridized carbons (Fsp3) is 0.500. The molecule has 70 valence electrons. The van der Waals surface area contributed by atoms with Crippen molar-refractivity contribution >= 4 is 5.97 Å². The molecular weight excluding hydrogens is 170 g/mol. The predicted molar refractivity (Wildman–Crippen MR) is 45.3 cm³/mol. The van der Waals surface area contributed by atoms with Crippen LogP contribution < -0.4 is 5.32 Å². The molecule has 0 radical (unpaired) electrons. The topological polar surface area (TPSA) is 67.2 Å². The van der Waals surface area contributed by atoms with Crippen molar-refractivity contribution in [3.8, 4) is 0 Å². The van der Waals surface area contributed by atoms with Gasteiger partial charge in [-0.1, -0.05) is 0 Å². The second-order valence-electron chi connectivity index (χ2n) is 3.19. The standard InChI is InChI=1S/C8H11N3O2/c1-11-4-5-2-3-9-7(8(12)13)6(5)10-11/h4,7,9H,2-3H2,1H3,(H,12,13). The summed E-state index contributed by atoms with van der Waals surface area (Å²) in [5.74, 6) is -0.861. The Balaban J connectivity index is 2.41. The van der Waals surface area contributed by atoms with Gasteiger partial charge in [0.25, 0.3) is 0 Å². The molecular formula is C8H11N3O2. The summed E-state index contributed by atoms with van der Waals surface area (Å²) in [4.78, 5) is 10.8. The van der Waals surface area contributed by atoms with Crippen LogP contribution in [-0.4, -0.2) is 27.4 Å². The maximum absolute atomic E-state index is 10.8. The third kappa shape index (κ3) is 1.31. The predicted octanol–water partition coefficient (Wildman–Crippen LogP) is -0.309. The van der Waals surface area contributed by atoms with Crippen LogP contribution in [0.1, 0.15) is 17.3 Å². The van der Waals surface area contributed by atoms with Gasteiger partial charge in [-0.2, -0.15) is 5.10 Å². The van der Waals surface area contributed by atoms with Gasteiger partial charge in [0.15, 0.2) is 6.04 Å². The highest BCUT2D eigenvalue weighted by atomic mass is 16.4. The van der Waals surface area contributed by atoms with E-state index in [0.29, 0.717) is 12.2 Å². The molecule has 2 heterocycles. The van der Waals surface area contributed by atoms with Crippen LogP contribution in [0.2, 0.25) is 0 Å².